The van der Waals surface area contributed by atoms with Gasteiger partial charge in [0.2, 0.25) is 0 Å². The Balaban J connectivity index is 1.72. The first kappa shape index (κ1) is 16.0. The fraction of sp³-hybridized carbons (Fsp3) is 0.333. The van der Waals surface area contributed by atoms with Crippen LogP contribution in [0.4, 0.5) is 13.2 Å². The third kappa shape index (κ3) is 3.92. The SMILES string of the molecule is NC1CC(c2ccc(F)cc2)CN(Cc2ccc(F)c(F)c2)C1. The Morgan fingerprint density at radius 2 is 1.70 bits per heavy atom. The van der Waals surface area contributed by atoms with E-state index < -0.39 is 11.6 Å². The molecule has 122 valence electrons. The average molecular weight is 320 g/mol. The highest BCUT2D eigenvalue weighted by molar-refractivity contribution is 5.23. The van der Waals surface area contributed by atoms with E-state index in [1.54, 1.807) is 18.2 Å². The molecule has 2 aromatic rings. The highest BCUT2D eigenvalue weighted by Gasteiger charge is 2.26. The van der Waals surface area contributed by atoms with E-state index in [1.165, 1.54) is 18.2 Å². The topological polar surface area (TPSA) is 29.3 Å². The van der Waals surface area contributed by atoms with Gasteiger partial charge < -0.3 is 5.73 Å². The lowest BCUT2D eigenvalue weighted by atomic mass is 9.88. The van der Waals surface area contributed by atoms with Gasteiger partial charge in [0.25, 0.3) is 0 Å². The van der Waals surface area contributed by atoms with Crippen molar-refractivity contribution in [2.75, 3.05) is 13.1 Å². The third-order valence-electron chi connectivity index (χ3n) is 4.29. The maximum atomic E-state index is 13.3. The van der Waals surface area contributed by atoms with Crippen molar-refractivity contribution < 1.29 is 13.2 Å². The molecule has 1 saturated heterocycles. The van der Waals surface area contributed by atoms with Crippen LogP contribution in [0.1, 0.15) is 23.5 Å². The summed E-state index contributed by atoms with van der Waals surface area (Å²) >= 11 is 0. The summed E-state index contributed by atoms with van der Waals surface area (Å²) < 4.78 is 39.4. The Kier molecular flexibility index (Phi) is 4.68. The molecule has 2 N–H and O–H groups in total. The molecular formula is C18H19F3N2. The number of halogens is 3. The minimum Gasteiger partial charge on any atom is -0.327 e. The lowest BCUT2D eigenvalue weighted by Gasteiger charge is -2.36. The molecule has 0 saturated carbocycles. The van der Waals surface area contributed by atoms with Gasteiger partial charge in [0, 0.05) is 25.7 Å². The second-order valence-corrected chi connectivity index (χ2v) is 6.19. The second-order valence-electron chi connectivity index (χ2n) is 6.19. The molecule has 0 radical (unpaired) electrons. The van der Waals surface area contributed by atoms with E-state index in [9.17, 15) is 13.2 Å². The summed E-state index contributed by atoms with van der Waals surface area (Å²) in [6.45, 7) is 1.98. The molecule has 0 bridgehead atoms. The molecule has 2 nitrogen and oxygen atoms in total. The molecule has 0 aromatic heterocycles. The Hall–Kier alpha value is -1.85. The lowest BCUT2D eigenvalue weighted by Crippen LogP contribution is -2.45. The zero-order valence-electron chi connectivity index (χ0n) is 12.7. The van der Waals surface area contributed by atoms with Crippen LogP contribution in [0.5, 0.6) is 0 Å². The molecule has 0 spiro atoms. The zero-order valence-corrected chi connectivity index (χ0v) is 12.7. The molecule has 2 aromatic carbocycles. The summed E-state index contributed by atoms with van der Waals surface area (Å²) in [6.07, 6.45) is 0.833. The van der Waals surface area contributed by atoms with E-state index in [-0.39, 0.29) is 17.8 Å². The van der Waals surface area contributed by atoms with Gasteiger partial charge in [-0.25, -0.2) is 13.2 Å². The van der Waals surface area contributed by atoms with E-state index in [2.05, 4.69) is 4.90 Å². The summed E-state index contributed by atoms with van der Waals surface area (Å²) in [6, 6.07) is 10.4. The maximum absolute atomic E-state index is 13.3. The summed E-state index contributed by atoms with van der Waals surface area (Å²) in [5.41, 5.74) is 7.91. The first-order valence-electron chi connectivity index (χ1n) is 7.68. The number of benzene rings is 2. The van der Waals surface area contributed by atoms with Crippen LogP contribution in [0.25, 0.3) is 0 Å². The molecular weight excluding hydrogens is 301 g/mol. The van der Waals surface area contributed by atoms with E-state index >= 15 is 0 Å². The van der Waals surface area contributed by atoms with Crippen LogP contribution in [-0.4, -0.2) is 24.0 Å². The quantitative estimate of drug-likeness (QED) is 0.939. The highest BCUT2D eigenvalue weighted by atomic mass is 19.2. The molecule has 0 aliphatic carbocycles. The lowest BCUT2D eigenvalue weighted by molar-refractivity contribution is 0.181. The van der Waals surface area contributed by atoms with Crippen molar-refractivity contribution in [1.82, 2.24) is 4.90 Å². The zero-order chi connectivity index (χ0) is 16.4. The van der Waals surface area contributed by atoms with Crippen molar-refractivity contribution in [2.24, 2.45) is 5.73 Å². The smallest absolute Gasteiger partial charge is 0.159 e. The van der Waals surface area contributed by atoms with Crippen molar-refractivity contribution in [1.29, 1.82) is 0 Å². The number of piperidine rings is 1. The molecule has 1 fully saturated rings. The van der Waals surface area contributed by atoms with Crippen molar-refractivity contribution in [3.8, 4) is 0 Å². The van der Waals surface area contributed by atoms with Crippen LogP contribution in [0.2, 0.25) is 0 Å². The molecule has 0 amide bonds. The number of hydrogen-bond donors (Lipinski definition) is 1. The second kappa shape index (κ2) is 6.72. The summed E-state index contributed by atoms with van der Waals surface area (Å²) in [7, 11) is 0. The number of rotatable bonds is 3. The Bertz CT molecular complexity index is 672. The van der Waals surface area contributed by atoms with Gasteiger partial charge in [0.15, 0.2) is 11.6 Å². The van der Waals surface area contributed by atoms with Crippen LogP contribution in [0, 0.1) is 17.5 Å². The van der Waals surface area contributed by atoms with Crippen molar-refractivity contribution in [3.63, 3.8) is 0 Å². The van der Waals surface area contributed by atoms with E-state index in [0.717, 1.165) is 30.2 Å². The highest BCUT2D eigenvalue weighted by Crippen LogP contribution is 2.27. The van der Waals surface area contributed by atoms with Gasteiger partial charge in [-0.1, -0.05) is 18.2 Å². The molecule has 23 heavy (non-hydrogen) atoms. The van der Waals surface area contributed by atoms with E-state index in [0.29, 0.717) is 13.1 Å². The minimum atomic E-state index is -0.840. The fourth-order valence-corrected chi connectivity index (χ4v) is 3.23. The first-order chi connectivity index (χ1) is 11.0. The number of nitrogens with two attached hydrogens (primary N) is 1. The average Bonchev–Trinajstić information content (AvgIpc) is 2.51. The molecule has 1 heterocycles. The monoisotopic (exact) mass is 320 g/mol. The van der Waals surface area contributed by atoms with Gasteiger partial charge in [0.1, 0.15) is 5.82 Å². The van der Waals surface area contributed by atoms with E-state index in [1.807, 2.05) is 0 Å². The molecule has 5 heteroatoms. The normalized spacial score (nSPS) is 22.3. The molecule has 2 atom stereocenters. The van der Waals surface area contributed by atoms with Crippen LogP contribution >= 0.6 is 0 Å². The summed E-state index contributed by atoms with van der Waals surface area (Å²) in [4.78, 5) is 2.13. The Morgan fingerprint density at radius 1 is 0.957 bits per heavy atom. The Labute approximate surface area is 133 Å². The summed E-state index contributed by atoms with van der Waals surface area (Å²) in [5.74, 6) is -1.72. The first-order valence-corrected chi connectivity index (χ1v) is 7.68. The molecule has 1 aliphatic rings. The fourth-order valence-electron chi connectivity index (χ4n) is 3.23. The molecule has 1 aliphatic heterocycles. The van der Waals surface area contributed by atoms with Crippen LogP contribution in [0.3, 0.4) is 0 Å². The molecule has 2 unspecified atom stereocenters. The minimum absolute atomic E-state index is 0.00379. The number of nitrogens with zero attached hydrogens (tertiary/aromatic N) is 1. The summed E-state index contributed by atoms with van der Waals surface area (Å²) in [5, 5.41) is 0. The van der Waals surface area contributed by atoms with Gasteiger partial charge in [-0.2, -0.15) is 0 Å². The Morgan fingerprint density at radius 3 is 2.39 bits per heavy atom. The van der Waals surface area contributed by atoms with Gasteiger partial charge >= 0.3 is 0 Å². The van der Waals surface area contributed by atoms with Crippen molar-refractivity contribution in [3.05, 3.63) is 71.0 Å². The van der Waals surface area contributed by atoms with Crippen molar-refractivity contribution in [2.45, 2.75) is 24.9 Å². The predicted molar refractivity (Wildman–Crippen MR) is 83.4 cm³/mol. The third-order valence-corrected chi connectivity index (χ3v) is 4.29. The van der Waals surface area contributed by atoms with Crippen LogP contribution in [-0.2, 0) is 6.54 Å². The van der Waals surface area contributed by atoms with E-state index in [4.69, 9.17) is 5.73 Å². The number of hydrogen-bond acceptors (Lipinski definition) is 2. The van der Waals surface area contributed by atoms with Gasteiger partial charge in [-0.3, -0.25) is 4.90 Å². The maximum Gasteiger partial charge on any atom is 0.159 e. The molecule has 3 rings (SSSR count). The standard InChI is InChI=1S/C18H19F3N2/c19-15-4-2-13(3-5-15)14-8-16(22)11-23(10-14)9-12-1-6-17(20)18(21)7-12/h1-7,14,16H,8-11,22H2. The predicted octanol–water partition coefficient (Wildman–Crippen LogP) is 3.42. The van der Waals surface area contributed by atoms with Crippen LogP contribution in [0.15, 0.2) is 42.5 Å². The van der Waals surface area contributed by atoms with Gasteiger partial charge in [-0.05, 0) is 47.7 Å². The van der Waals surface area contributed by atoms with Crippen LogP contribution < -0.4 is 5.73 Å². The number of likely N-dealkylation sites (tertiary alicyclic amines) is 1. The van der Waals surface area contributed by atoms with Crippen molar-refractivity contribution >= 4 is 0 Å². The van der Waals surface area contributed by atoms with Gasteiger partial charge in [-0.15, -0.1) is 0 Å². The largest absolute Gasteiger partial charge is 0.327 e. The van der Waals surface area contributed by atoms with Gasteiger partial charge in [0.05, 0.1) is 0 Å².